The fourth-order valence-electron chi connectivity index (χ4n) is 2.62. The summed E-state index contributed by atoms with van der Waals surface area (Å²) in [6.45, 7) is 7.24. The maximum atomic E-state index is 12.3. The summed E-state index contributed by atoms with van der Waals surface area (Å²) >= 11 is 1.27. The molecule has 0 spiro atoms. The van der Waals surface area contributed by atoms with Gasteiger partial charge in [0.1, 0.15) is 29.9 Å². The molecule has 1 saturated heterocycles. The molecule has 142 valence electrons. The Labute approximate surface area is 147 Å². The minimum absolute atomic E-state index is 0.0708. The lowest BCUT2D eigenvalue weighted by molar-refractivity contribution is -0.205. The number of rotatable bonds is 9. The van der Waals surface area contributed by atoms with Gasteiger partial charge in [0, 0.05) is 12.0 Å². The van der Waals surface area contributed by atoms with Crippen molar-refractivity contribution in [2.24, 2.45) is 5.92 Å². The first-order valence-electron chi connectivity index (χ1n) is 8.40. The van der Waals surface area contributed by atoms with E-state index in [2.05, 4.69) is 5.32 Å². The van der Waals surface area contributed by atoms with Crippen molar-refractivity contribution >= 4 is 17.5 Å². The van der Waals surface area contributed by atoms with Gasteiger partial charge < -0.3 is 30.5 Å². The summed E-state index contributed by atoms with van der Waals surface area (Å²) in [5.41, 5.74) is -0.755. The van der Waals surface area contributed by atoms with E-state index in [9.17, 15) is 25.2 Å². The van der Waals surface area contributed by atoms with Crippen molar-refractivity contribution in [3.63, 3.8) is 0 Å². The van der Waals surface area contributed by atoms with Crippen molar-refractivity contribution < 1.29 is 30.0 Å². The first kappa shape index (κ1) is 21.8. The third kappa shape index (κ3) is 5.94. The molecule has 24 heavy (non-hydrogen) atoms. The van der Waals surface area contributed by atoms with E-state index >= 15 is 0 Å². The Kier molecular flexibility index (Phi) is 9.14. The van der Waals surface area contributed by atoms with Gasteiger partial charge in [0.25, 0.3) is 0 Å². The van der Waals surface area contributed by atoms with Crippen LogP contribution in [0.3, 0.4) is 0 Å². The summed E-state index contributed by atoms with van der Waals surface area (Å²) in [5.74, 6) is 0.600. The number of aliphatic hydroxyl groups is 4. The van der Waals surface area contributed by atoms with Gasteiger partial charge in [0.15, 0.2) is 5.78 Å². The Hall–Kier alpha value is -0.220. The highest BCUT2D eigenvalue weighted by Gasteiger charge is 2.43. The Bertz CT molecular complexity index is 393. The van der Waals surface area contributed by atoms with Crippen LogP contribution in [-0.4, -0.2) is 80.5 Å². The van der Waals surface area contributed by atoms with E-state index in [0.717, 1.165) is 0 Å². The normalized spacial score (nSPS) is 32.3. The monoisotopic (exact) mass is 365 g/mol. The van der Waals surface area contributed by atoms with Crippen LogP contribution in [0.4, 0.5) is 0 Å². The van der Waals surface area contributed by atoms with Crippen LogP contribution in [0.2, 0.25) is 0 Å². The molecule has 0 bridgehead atoms. The van der Waals surface area contributed by atoms with Crippen LogP contribution in [-0.2, 0) is 9.53 Å². The lowest BCUT2D eigenvalue weighted by Crippen LogP contribution is -2.57. The van der Waals surface area contributed by atoms with Crippen molar-refractivity contribution in [1.29, 1.82) is 0 Å². The van der Waals surface area contributed by atoms with Crippen molar-refractivity contribution in [3.05, 3.63) is 0 Å². The maximum absolute atomic E-state index is 12.3. The van der Waals surface area contributed by atoms with Crippen molar-refractivity contribution in [1.82, 2.24) is 5.32 Å². The number of ketones is 1. The Morgan fingerprint density at radius 1 is 1.12 bits per heavy atom. The number of thioether (sulfide) groups is 1. The van der Waals surface area contributed by atoms with Gasteiger partial charge in [-0.1, -0.05) is 27.7 Å². The van der Waals surface area contributed by atoms with E-state index in [-0.39, 0.29) is 23.8 Å². The number of Topliss-reactive ketones (excluding diaryl/α,β-unsaturated/α-hetero) is 1. The summed E-state index contributed by atoms with van der Waals surface area (Å²) < 4.78 is 5.45. The van der Waals surface area contributed by atoms with E-state index in [1.165, 1.54) is 11.8 Å². The van der Waals surface area contributed by atoms with Crippen LogP contribution >= 0.6 is 11.8 Å². The first-order chi connectivity index (χ1) is 11.2. The Morgan fingerprint density at radius 2 is 1.75 bits per heavy atom. The standard InChI is InChI=1S/C16H31NO6S/c1-8(2)12(19)10(17-9(3)4)5-6-24-16-15(22)14(21)13(20)11(7-18)23-16/h8-11,13-18,20-22H,5-7H2,1-4H3/t10-,11?,13?,14?,15?,16?/m1/s1. The smallest absolute Gasteiger partial charge is 0.152 e. The van der Waals surface area contributed by atoms with Gasteiger partial charge in [-0.2, -0.15) is 0 Å². The van der Waals surface area contributed by atoms with Gasteiger partial charge in [-0.05, 0) is 12.2 Å². The first-order valence-corrected chi connectivity index (χ1v) is 9.45. The molecule has 8 heteroatoms. The maximum Gasteiger partial charge on any atom is 0.152 e. The second-order valence-electron chi connectivity index (χ2n) is 6.79. The van der Waals surface area contributed by atoms with E-state index in [4.69, 9.17) is 4.74 Å². The number of aliphatic hydroxyl groups excluding tert-OH is 4. The van der Waals surface area contributed by atoms with Crippen LogP contribution in [0.1, 0.15) is 34.1 Å². The zero-order chi connectivity index (χ0) is 18.4. The van der Waals surface area contributed by atoms with E-state index in [1.54, 1.807) is 0 Å². The topological polar surface area (TPSA) is 119 Å². The highest BCUT2D eigenvalue weighted by Crippen LogP contribution is 2.29. The van der Waals surface area contributed by atoms with E-state index < -0.39 is 36.5 Å². The van der Waals surface area contributed by atoms with Gasteiger partial charge in [-0.15, -0.1) is 11.8 Å². The molecular weight excluding hydrogens is 334 g/mol. The predicted octanol–water partition coefficient (Wildman–Crippen LogP) is -0.499. The van der Waals surface area contributed by atoms with Crippen LogP contribution in [0, 0.1) is 5.92 Å². The molecule has 6 atom stereocenters. The van der Waals surface area contributed by atoms with Crippen molar-refractivity contribution in [2.45, 2.75) is 76.1 Å². The molecule has 5 unspecified atom stereocenters. The zero-order valence-electron chi connectivity index (χ0n) is 14.8. The number of nitrogens with one attached hydrogen (secondary N) is 1. The molecule has 0 aliphatic carbocycles. The fraction of sp³-hybridized carbons (Fsp3) is 0.938. The van der Waals surface area contributed by atoms with E-state index in [1.807, 2.05) is 27.7 Å². The largest absolute Gasteiger partial charge is 0.394 e. The predicted molar refractivity (Wildman–Crippen MR) is 92.7 cm³/mol. The Morgan fingerprint density at radius 3 is 2.25 bits per heavy atom. The molecule has 5 N–H and O–H groups in total. The average molecular weight is 365 g/mol. The molecule has 0 saturated carbocycles. The molecule has 1 heterocycles. The molecule has 7 nitrogen and oxygen atoms in total. The minimum atomic E-state index is -1.37. The zero-order valence-corrected chi connectivity index (χ0v) is 15.6. The quantitative estimate of drug-likeness (QED) is 0.371. The summed E-state index contributed by atoms with van der Waals surface area (Å²) in [6, 6.07) is -0.0997. The second-order valence-corrected chi connectivity index (χ2v) is 7.99. The molecular formula is C16H31NO6S. The van der Waals surface area contributed by atoms with Gasteiger partial charge in [0.2, 0.25) is 0 Å². The summed E-state index contributed by atoms with van der Waals surface area (Å²) in [6.07, 6.45) is -4.29. The number of hydrogen-bond acceptors (Lipinski definition) is 8. The molecule has 0 aromatic rings. The molecule has 1 fully saturated rings. The third-order valence-corrected chi connectivity index (χ3v) is 5.17. The van der Waals surface area contributed by atoms with Gasteiger partial charge in [-0.25, -0.2) is 0 Å². The molecule has 0 radical (unpaired) electrons. The van der Waals surface area contributed by atoms with Gasteiger partial charge in [0.05, 0.1) is 12.6 Å². The summed E-state index contributed by atoms with van der Waals surface area (Å²) in [4.78, 5) is 12.3. The molecule has 0 aromatic heterocycles. The number of carbonyl (C=O) groups excluding carboxylic acids is 1. The van der Waals surface area contributed by atoms with Crippen LogP contribution < -0.4 is 5.32 Å². The number of carbonyl (C=O) groups is 1. The number of hydrogen-bond donors (Lipinski definition) is 5. The van der Waals surface area contributed by atoms with E-state index in [0.29, 0.717) is 12.2 Å². The van der Waals surface area contributed by atoms with Gasteiger partial charge in [-0.3, -0.25) is 4.79 Å². The van der Waals surface area contributed by atoms with Crippen LogP contribution in [0.25, 0.3) is 0 Å². The SMILES string of the molecule is CC(C)N[C@H](CCSC1OC(CO)C(O)C(O)C1O)C(=O)C(C)C. The second kappa shape index (κ2) is 10.1. The summed E-state index contributed by atoms with van der Waals surface area (Å²) in [7, 11) is 0. The highest BCUT2D eigenvalue weighted by molar-refractivity contribution is 7.99. The number of ether oxygens (including phenoxy) is 1. The molecule has 0 amide bonds. The molecule has 0 aromatic carbocycles. The van der Waals surface area contributed by atoms with Crippen molar-refractivity contribution in [3.8, 4) is 0 Å². The summed E-state index contributed by atoms with van der Waals surface area (Å²) in [5, 5.41) is 42.0. The average Bonchev–Trinajstić information content (AvgIpc) is 2.52. The minimum Gasteiger partial charge on any atom is -0.394 e. The van der Waals surface area contributed by atoms with Gasteiger partial charge >= 0.3 is 0 Å². The Balaban J connectivity index is 2.58. The molecule has 1 aliphatic rings. The lowest BCUT2D eigenvalue weighted by Gasteiger charge is -2.39. The molecule has 1 rings (SSSR count). The fourth-order valence-corrected chi connectivity index (χ4v) is 3.80. The van der Waals surface area contributed by atoms with Crippen LogP contribution in [0.5, 0.6) is 0 Å². The lowest BCUT2D eigenvalue weighted by atomic mass is 9.99. The van der Waals surface area contributed by atoms with Crippen LogP contribution in [0.15, 0.2) is 0 Å². The molecule has 1 aliphatic heterocycles. The van der Waals surface area contributed by atoms with Crippen molar-refractivity contribution in [2.75, 3.05) is 12.4 Å². The highest BCUT2D eigenvalue weighted by atomic mass is 32.2. The third-order valence-electron chi connectivity index (χ3n) is 3.98.